The Labute approximate surface area is 72.0 Å². The molecule has 1 aromatic rings. The van der Waals surface area contributed by atoms with Gasteiger partial charge in [-0.25, -0.2) is 10.9 Å². The van der Waals surface area contributed by atoms with Crippen LogP contribution in [0.3, 0.4) is 0 Å². The largest absolute Gasteiger partial charge is 0.232 e. The maximum absolute atomic E-state index is 2.30. The first-order valence-corrected chi connectivity index (χ1v) is 6.10. The Hall–Kier alpha value is -0.430. The monoisotopic (exact) mass is 168 g/mol. The fourth-order valence-electron chi connectivity index (χ4n) is 1.22. The Bertz CT molecular complexity index is 251. The number of aryl methyl sites for hydroxylation is 1. The summed E-state index contributed by atoms with van der Waals surface area (Å²) in [5, 5.41) is 0. The van der Waals surface area contributed by atoms with Crippen LogP contribution in [-0.2, 0) is 0 Å². The van der Waals surface area contributed by atoms with Crippen LogP contribution in [0.2, 0.25) is 0 Å². The van der Waals surface area contributed by atoms with Gasteiger partial charge in [0.25, 0.3) is 0 Å². The van der Waals surface area contributed by atoms with Gasteiger partial charge in [0, 0.05) is 0 Å². The summed E-state index contributed by atoms with van der Waals surface area (Å²) in [7, 11) is 0.0674. The van der Waals surface area contributed by atoms with Crippen molar-refractivity contribution >= 4 is 10.9 Å². The molecule has 1 aromatic carbocycles. The van der Waals surface area contributed by atoms with Crippen LogP contribution in [-0.4, -0.2) is 12.5 Å². The van der Waals surface area contributed by atoms with E-state index in [0.717, 1.165) is 0 Å². The molecule has 0 aromatic heterocycles. The van der Waals surface area contributed by atoms with E-state index >= 15 is 0 Å². The van der Waals surface area contributed by atoms with E-state index in [1.54, 1.807) is 4.90 Å². The van der Waals surface area contributed by atoms with Crippen LogP contribution < -0.4 is 0 Å². The summed E-state index contributed by atoms with van der Waals surface area (Å²) in [5.41, 5.74) is 2.89. The van der Waals surface area contributed by atoms with Gasteiger partial charge in [0.1, 0.15) is 0 Å². The molecule has 62 valence electrons. The van der Waals surface area contributed by atoms with Gasteiger partial charge in [-0.05, 0) is 42.4 Å². The lowest BCUT2D eigenvalue weighted by molar-refractivity contribution is 1.23. The minimum Gasteiger partial charge on any atom is -0.232 e. The molecule has 0 spiro atoms. The molecule has 0 amide bonds. The van der Waals surface area contributed by atoms with E-state index in [-0.39, 0.29) is 10.9 Å². The van der Waals surface area contributed by atoms with Crippen molar-refractivity contribution < 1.29 is 0 Å². The fraction of sp³-hybridized carbons (Fsp3) is 0.400. The molecule has 0 atom stereocenters. The van der Waals surface area contributed by atoms with Crippen molar-refractivity contribution in [2.75, 3.05) is 12.5 Å². The quantitative estimate of drug-likeness (QED) is 0.612. The molecule has 0 nitrogen and oxygen atoms in total. The fourth-order valence-corrected chi connectivity index (χ4v) is 2.45. The van der Waals surface area contributed by atoms with E-state index in [1.165, 1.54) is 11.1 Å². The Kier molecular flexibility index (Phi) is 2.61. The van der Waals surface area contributed by atoms with E-state index in [1.807, 2.05) is 0 Å². The average Bonchev–Trinajstić information content (AvgIpc) is 1.94. The highest BCUT2D eigenvalue weighted by molar-refractivity contribution is 8.15. The molecule has 0 fully saturated rings. The summed E-state index contributed by atoms with van der Waals surface area (Å²) in [6.45, 7) is 4.39. The molecule has 0 aliphatic carbocycles. The average molecular weight is 168 g/mol. The smallest absolute Gasteiger partial charge is 0.00979 e. The molecule has 0 saturated heterocycles. The van der Waals surface area contributed by atoms with Gasteiger partial charge in [0.2, 0.25) is 0 Å². The van der Waals surface area contributed by atoms with Crippen LogP contribution in [0.4, 0.5) is 0 Å². The van der Waals surface area contributed by atoms with Crippen LogP contribution in [0.1, 0.15) is 11.1 Å². The summed E-state index contributed by atoms with van der Waals surface area (Å²) >= 11 is 0. The highest BCUT2D eigenvalue weighted by atomic mass is 32.2. The zero-order valence-electron chi connectivity index (χ0n) is 7.68. The predicted molar refractivity (Wildman–Crippen MR) is 55.0 cm³/mol. The summed E-state index contributed by atoms with van der Waals surface area (Å²) in [6, 6.07) is 6.58. The van der Waals surface area contributed by atoms with Crippen molar-refractivity contribution in [3.8, 4) is 0 Å². The minimum absolute atomic E-state index is 0.0674. The summed E-state index contributed by atoms with van der Waals surface area (Å²) in [5.74, 6) is 0. The molecule has 0 aliphatic heterocycles. The molecule has 0 saturated carbocycles. The third-order valence-corrected chi connectivity index (χ3v) is 3.51. The molecule has 11 heavy (non-hydrogen) atoms. The zero-order chi connectivity index (χ0) is 8.43. The second-order valence-corrected chi connectivity index (χ2v) is 5.38. The Morgan fingerprint density at radius 1 is 1.09 bits per heavy atom. The van der Waals surface area contributed by atoms with Crippen LogP contribution in [0.15, 0.2) is 23.1 Å². The molecule has 0 aliphatic rings. The standard InChI is InChI=1S/C10H16S/c1-8-6-5-7-10(9(8)2)11(3)4/h5-7,11H,1-4H3. The maximum Gasteiger partial charge on any atom is -0.00979 e. The van der Waals surface area contributed by atoms with Gasteiger partial charge in [-0.3, -0.25) is 0 Å². The van der Waals surface area contributed by atoms with Gasteiger partial charge in [-0.15, -0.1) is 0 Å². The van der Waals surface area contributed by atoms with Gasteiger partial charge >= 0.3 is 0 Å². The summed E-state index contributed by atoms with van der Waals surface area (Å²) in [6.07, 6.45) is 4.61. The molecular formula is C10H16S. The SMILES string of the molecule is Cc1cccc([SH](C)C)c1C. The normalized spacial score (nSPS) is 11.5. The van der Waals surface area contributed by atoms with Crippen molar-refractivity contribution in [2.24, 2.45) is 0 Å². The number of hydrogen-bond acceptors (Lipinski definition) is 0. The molecule has 0 radical (unpaired) electrons. The highest BCUT2D eigenvalue weighted by Gasteiger charge is 2.00. The Morgan fingerprint density at radius 2 is 1.73 bits per heavy atom. The molecular weight excluding hydrogens is 152 g/mol. The van der Waals surface area contributed by atoms with Gasteiger partial charge in [-0.2, -0.15) is 0 Å². The van der Waals surface area contributed by atoms with Crippen LogP contribution in [0, 0.1) is 13.8 Å². The lowest BCUT2D eigenvalue weighted by Crippen LogP contribution is -1.87. The van der Waals surface area contributed by atoms with E-state index < -0.39 is 0 Å². The van der Waals surface area contributed by atoms with Crippen molar-refractivity contribution in [3.05, 3.63) is 29.3 Å². The van der Waals surface area contributed by atoms with E-state index in [9.17, 15) is 0 Å². The van der Waals surface area contributed by atoms with Crippen molar-refractivity contribution in [1.82, 2.24) is 0 Å². The minimum atomic E-state index is 0.0674. The number of rotatable bonds is 1. The lowest BCUT2D eigenvalue weighted by atomic mass is 10.1. The summed E-state index contributed by atoms with van der Waals surface area (Å²) in [4.78, 5) is 1.54. The van der Waals surface area contributed by atoms with E-state index in [2.05, 4.69) is 44.6 Å². The predicted octanol–water partition coefficient (Wildman–Crippen LogP) is 2.92. The van der Waals surface area contributed by atoms with Gasteiger partial charge in [0.15, 0.2) is 0 Å². The molecule has 0 N–H and O–H groups in total. The molecule has 1 rings (SSSR count). The second-order valence-electron chi connectivity index (χ2n) is 3.11. The van der Waals surface area contributed by atoms with Crippen LogP contribution in [0.25, 0.3) is 0 Å². The first-order valence-electron chi connectivity index (χ1n) is 3.86. The summed E-state index contributed by atoms with van der Waals surface area (Å²) < 4.78 is 0. The van der Waals surface area contributed by atoms with Crippen molar-refractivity contribution in [2.45, 2.75) is 18.7 Å². The number of benzene rings is 1. The van der Waals surface area contributed by atoms with Crippen molar-refractivity contribution in [1.29, 1.82) is 0 Å². The number of hydrogen-bond donors (Lipinski definition) is 1. The molecule has 0 heterocycles. The van der Waals surface area contributed by atoms with Crippen LogP contribution in [0.5, 0.6) is 0 Å². The topological polar surface area (TPSA) is 0 Å². The molecule has 1 heteroatoms. The van der Waals surface area contributed by atoms with Gasteiger partial charge in [-0.1, -0.05) is 18.2 Å². The Balaban J connectivity index is 3.17. The first-order chi connectivity index (χ1) is 5.13. The molecule has 0 unspecified atom stereocenters. The number of thiol groups is 1. The van der Waals surface area contributed by atoms with Gasteiger partial charge in [0.05, 0.1) is 0 Å². The zero-order valence-corrected chi connectivity index (χ0v) is 8.57. The first kappa shape index (κ1) is 8.66. The van der Waals surface area contributed by atoms with E-state index in [4.69, 9.17) is 0 Å². The second kappa shape index (κ2) is 3.31. The molecule has 0 bridgehead atoms. The maximum atomic E-state index is 2.30. The van der Waals surface area contributed by atoms with Crippen LogP contribution >= 0.6 is 10.9 Å². The highest BCUT2D eigenvalue weighted by Crippen LogP contribution is 2.32. The van der Waals surface area contributed by atoms with Crippen molar-refractivity contribution in [3.63, 3.8) is 0 Å². The third kappa shape index (κ3) is 1.78. The van der Waals surface area contributed by atoms with E-state index in [0.29, 0.717) is 0 Å². The Morgan fingerprint density at radius 3 is 2.18 bits per heavy atom. The van der Waals surface area contributed by atoms with Gasteiger partial charge < -0.3 is 0 Å². The third-order valence-electron chi connectivity index (χ3n) is 2.06. The lowest BCUT2D eigenvalue weighted by Gasteiger charge is -2.14.